The molecular weight excluding hydrogens is 202 g/mol. The summed E-state index contributed by atoms with van der Waals surface area (Å²) in [4.78, 5) is 4.61. The average molecular weight is 221 g/mol. The van der Waals surface area contributed by atoms with Crippen molar-refractivity contribution in [2.75, 3.05) is 6.61 Å². The second-order valence-electron chi connectivity index (χ2n) is 4.96. The highest BCUT2D eigenvalue weighted by Gasteiger charge is 2.22. The van der Waals surface area contributed by atoms with Gasteiger partial charge < -0.3 is 4.74 Å². The van der Waals surface area contributed by atoms with Gasteiger partial charge in [0.15, 0.2) is 5.82 Å². The zero-order valence-corrected chi connectivity index (χ0v) is 9.61. The summed E-state index contributed by atoms with van der Waals surface area (Å²) in [5.74, 6) is 2.65. The molecule has 3 rings (SSSR count). The maximum absolute atomic E-state index is 5.60. The van der Waals surface area contributed by atoms with Crippen LogP contribution in [-0.2, 0) is 11.2 Å². The monoisotopic (exact) mass is 221 g/mol. The Labute approximate surface area is 95.8 Å². The third-order valence-corrected chi connectivity index (χ3v) is 3.71. The molecule has 1 aromatic rings. The van der Waals surface area contributed by atoms with Crippen LogP contribution in [0.25, 0.3) is 0 Å². The van der Waals surface area contributed by atoms with E-state index in [2.05, 4.69) is 15.2 Å². The minimum Gasteiger partial charge on any atom is -0.378 e. The summed E-state index contributed by atoms with van der Waals surface area (Å²) in [6.07, 6.45) is 8.81. The maximum Gasteiger partial charge on any atom is 0.153 e. The van der Waals surface area contributed by atoms with Gasteiger partial charge in [0.05, 0.1) is 6.10 Å². The van der Waals surface area contributed by atoms with E-state index in [-0.39, 0.29) is 0 Å². The fourth-order valence-corrected chi connectivity index (χ4v) is 2.79. The van der Waals surface area contributed by atoms with E-state index in [9.17, 15) is 0 Å². The van der Waals surface area contributed by atoms with Crippen LogP contribution in [0.1, 0.15) is 56.1 Å². The molecule has 0 amide bonds. The molecule has 4 heteroatoms. The number of ether oxygens (including phenoxy) is 1. The van der Waals surface area contributed by atoms with E-state index in [4.69, 9.17) is 4.74 Å². The summed E-state index contributed by atoms with van der Waals surface area (Å²) in [6, 6.07) is 0. The van der Waals surface area contributed by atoms with Crippen LogP contribution in [0.3, 0.4) is 0 Å². The second kappa shape index (κ2) is 4.53. The molecule has 1 unspecified atom stereocenters. The molecule has 88 valence electrons. The lowest BCUT2D eigenvalue weighted by Gasteiger charge is -2.05. The lowest BCUT2D eigenvalue weighted by Crippen LogP contribution is -2.10. The molecule has 1 aromatic heterocycles. The smallest absolute Gasteiger partial charge is 0.153 e. The molecule has 1 saturated carbocycles. The number of aromatic nitrogens is 3. The van der Waals surface area contributed by atoms with Crippen molar-refractivity contribution in [1.82, 2.24) is 15.2 Å². The van der Waals surface area contributed by atoms with Gasteiger partial charge in [0, 0.05) is 18.9 Å². The maximum atomic E-state index is 5.60. The van der Waals surface area contributed by atoms with Gasteiger partial charge in [-0.25, -0.2) is 4.98 Å². The molecule has 4 nitrogen and oxygen atoms in total. The Morgan fingerprint density at radius 2 is 2.06 bits per heavy atom. The third kappa shape index (κ3) is 2.12. The fourth-order valence-electron chi connectivity index (χ4n) is 2.79. The molecule has 1 aliphatic carbocycles. The van der Waals surface area contributed by atoms with Crippen LogP contribution in [0.5, 0.6) is 0 Å². The summed E-state index contributed by atoms with van der Waals surface area (Å²) in [7, 11) is 0. The van der Waals surface area contributed by atoms with Crippen LogP contribution in [0.2, 0.25) is 0 Å². The van der Waals surface area contributed by atoms with Crippen molar-refractivity contribution in [3.8, 4) is 0 Å². The molecule has 1 atom stereocenters. The predicted octanol–water partition coefficient (Wildman–Crippen LogP) is 2.18. The summed E-state index contributed by atoms with van der Waals surface area (Å²) in [5, 5.41) is 7.42. The molecule has 16 heavy (non-hydrogen) atoms. The first-order chi connectivity index (χ1) is 7.92. The highest BCUT2D eigenvalue weighted by molar-refractivity contribution is 5.00. The van der Waals surface area contributed by atoms with E-state index in [0.29, 0.717) is 12.0 Å². The van der Waals surface area contributed by atoms with Crippen LogP contribution in [0.15, 0.2) is 0 Å². The Kier molecular flexibility index (Phi) is 2.91. The van der Waals surface area contributed by atoms with E-state index in [1.54, 1.807) is 0 Å². The van der Waals surface area contributed by atoms with Crippen molar-refractivity contribution in [3.05, 3.63) is 11.6 Å². The SMILES string of the molecule is C1COC(Cc2nc(C3CCCC3)n[nH]2)C1. The van der Waals surface area contributed by atoms with Crippen molar-refractivity contribution in [2.24, 2.45) is 0 Å². The zero-order chi connectivity index (χ0) is 10.8. The Hall–Kier alpha value is -0.900. The van der Waals surface area contributed by atoms with E-state index < -0.39 is 0 Å². The average Bonchev–Trinajstić information content (AvgIpc) is 2.99. The first-order valence-corrected chi connectivity index (χ1v) is 6.44. The number of nitrogens with zero attached hydrogens (tertiary/aromatic N) is 2. The van der Waals surface area contributed by atoms with Crippen molar-refractivity contribution < 1.29 is 4.74 Å². The molecule has 0 bridgehead atoms. The minimum atomic E-state index is 0.365. The Bertz CT molecular complexity index is 338. The van der Waals surface area contributed by atoms with Crippen LogP contribution < -0.4 is 0 Å². The quantitative estimate of drug-likeness (QED) is 0.851. The topological polar surface area (TPSA) is 50.8 Å². The summed E-state index contributed by atoms with van der Waals surface area (Å²) in [6.45, 7) is 0.911. The molecule has 0 radical (unpaired) electrons. The zero-order valence-electron chi connectivity index (χ0n) is 9.61. The molecule has 2 heterocycles. The lowest BCUT2D eigenvalue weighted by molar-refractivity contribution is 0.110. The summed E-state index contributed by atoms with van der Waals surface area (Å²) >= 11 is 0. The molecule has 1 aliphatic heterocycles. The third-order valence-electron chi connectivity index (χ3n) is 3.71. The molecule has 0 spiro atoms. The van der Waals surface area contributed by atoms with Crippen molar-refractivity contribution >= 4 is 0 Å². The van der Waals surface area contributed by atoms with Gasteiger partial charge in [0.25, 0.3) is 0 Å². The van der Waals surface area contributed by atoms with Crippen molar-refractivity contribution in [3.63, 3.8) is 0 Å². The van der Waals surface area contributed by atoms with E-state index in [1.165, 1.54) is 38.5 Å². The van der Waals surface area contributed by atoms with Crippen LogP contribution >= 0.6 is 0 Å². The van der Waals surface area contributed by atoms with E-state index in [0.717, 1.165) is 24.7 Å². The Balaban J connectivity index is 1.62. The van der Waals surface area contributed by atoms with Crippen LogP contribution in [-0.4, -0.2) is 27.9 Å². The van der Waals surface area contributed by atoms with Gasteiger partial charge in [-0.3, -0.25) is 5.10 Å². The van der Waals surface area contributed by atoms with E-state index >= 15 is 0 Å². The Morgan fingerprint density at radius 1 is 1.19 bits per heavy atom. The molecule has 1 N–H and O–H groups in total. The number of hydrogen-bond donors (Lipinski definition) is 1. The molecule has 2 aliphatic rings. The first-order valence-electron chi connectivity index (χ1n) is 6.44. The summed E-state index contributed by atoms with van der Waals surface area (Å²) < 4.78 is 5.60. The van der Waals surface area contributed by atoms with Gasteiger partial charge in [0.2, 0.25) is 0 Å². The Morgan fingerprint density at radius 3 is 2.81 bits per heavy atom. The van der Waals surface area contributed by atoms with Gasteiger partial charge in [-0.1, -0.05) is 12.8 Å². The van der Waals surface area contributed by atoms with Crippen molar-refractivity contribution in [2.45, 2.75) is 57.0 Å². The van der Waals surface area contributed by atoms with Gasteiger partial charge in [-0.15, -0.1) is 0 Å². The largest absolute Gasteiger partial charge is 0.378 e. The van der Waals surface area contributed by atoms with Crippen LogP contribution in [0.4, 0.5) is 0 Å². The highest BCUT2D eigenvalue weighted by atomic mass is 16.5. The van der Waals surface area contributed by atoms with Gasteiger partial charge >= 0.3 is 0 Å². The van der Waals surface area contributed by atoms with Gasteiger partial charge in [-0.2, -0.15) is 5.10 Å². The minimum absolute atomic E-state index is 0.365. The van der Waals surface area contributed by atoms with Gasteiger partial charge in [0.1, 0.15) is 5.82 Å². The molecule has 0 aromatic carbocycles. The molecule has 1 saturated heterocycles. The lowest BCUT2D eigenvalue weighted by atomic mass is 10.1. The number of H-pyrrole nitrogens is 1. The van der Waals surface area contributed by atoms with E-state index in [1.807, 2.05) is 0 Å². The second-order valence-corrected chi connectivity index (χ2v) is 4.96. The number of rotatable bonds is 3. The predicted molar refractivity (Wildman–Crippen MR) is 60.3 cm³/mol. The highest BCUT2D eigenvalue weighted by Crippen LogP contribution is 2.32. The standard InChI is InChI=1S/C12H19N3O/c1-2-5-9(4-1)12-13-11(14-15-12)8-10-6-3-7-16-10/h9-10H,1-8H2,(H,13,14,15). The number of nitrogens with one attached hydrogen (secondary N) is 1. The van der Waals surface area contributed by atoms with Gasteiger partial charge in [-0.05, 0) is 25.7 Å². The number of aromatic amines is 1. The fraction of sp³-hybridized carbons (Fsp3) is 0.833. The summed E-state index contributed by atoms with van der Waals surface area (Å²) in [5.41, 5.74) is 0. The number of hydrogen-bond acceptors (Lipinski definition) is 3. The first kappa shape index (κ1) is 10.3. The molecular formula is C12H19N3O. The van der Waals surface area contributed by atoms with Crippen molar-refractivity contribution in [1.29, 1.82) is 0 Å². The van der Waals surface area contributed by atoms with Crippen LogP contribution in [0, 0.1) is 0 Å². The normalized spacial score (nSPS) is 26.6. The molecule has 2 fully saturated rings.